The predicted molar refractivity (Wildman–Crippen MR) is 174 cm³/mol. The molecule has 1 atom stereocenters. The van der Waals surface area contributed by atoms with Gasteiger partial charge in [-0.1, -0.05) is 43.9 Å². The minimum absolute atomic E-state index is 0. The first kappa shape index (κ1) is 35.2. The number of nitrogens with zero attached hydrogens (tertiary/aromatic N) is 5. The summed E-state index contributed by atoms with van der Waals surface area (Å²) in [4.78, 5) is 16.9. The van der Waals surface area contributed by atoms with E-state index in [1.54, 1.807) is 42.7 Å². The summed E-state index contributed by atoms with van der Waals surface area (Å²) >= 11 is 0. The number of benzene rings is 2. The van der Waals surface area contributed by atoms with Crippen LogP contribution in [0.1, 0.15) is 55.8 Å². The van der Waals surface area contributed by atoms with Crippen LogP contribution in [0.4, 0.5) is 5.69 Å². The predicted octanol–water partition coefficient (Wildman–Crippen LogP) is 4.30. The van der Waals surface area contributed by atoms with Crippen molar-refractivity contribution in [2.45, 2.75) is 62.5 Å². The van der Waals surface area contributed by atoms with Gasteiger partial charge in [-0.2, -0.15) is 9.36 Å². The van der Waals surface area contributed by atoms with Crippen molar-refractivity contribution in [3.05, 3.63) is 94.7 Å². The average molecular weight is 665 g/mol. The first-order valence-corrected chi connectivity index (χ1v) is 15.9. The Balaban J connectivity index is 0.00000264. The van der Waals surface area contributed by atoms with Crippen LogP contribution in [-0.4, -0.2) is 51.4 Å². The van der Waals surface area contributed by atoms with E-state index in [1.165, 1.54) is 47.2 Å². The second-order valence-electron chi connectivity index (χ2n) is 10.7. The lowest BCUT2D eigenvalue weighted by Gasteiger charge is -2.12. The molecule has 1 fully saturated rings. The second kappa shape index (κ2) is 16.7. The zero-order chi connectivity index (χ0) is 29.4. The molecule has 2 heterocycles. The number of aliphatic hydroxyl groups excluding tert-OH is 1. The maximum atomic E-state index is 13.0. The molecule has 1 saturated carbocycles. The van der Waals surface area contributed by atoms with Gasteiger partial charge in [-0.3, -0.25) is 9.71 Å². The summed E-state index contributed by atoms with van der Waals surface area (Å²) in [6.45, 7) is 1.60. The van der Waals surface area contributed by atoms with Gasteiger partial charge in [0.05, 0.1) is 16.7 Å². The molecule has 2 aromatic heterocycles. The number of rotatable bonds is 14. The summed E-state index contributed by atoms with van der Waals surface area (Å²) in [7, 11) is -3.83. The minimum Gasteiger partial charge on any atom is -0.387 e. The number of halogens is 2. The van der Waals surface area contributed by atoms with E-state index in [0.717, 1.165) is 36.3 Å². The van der Waals surface area contributed by atoms with Crippen LogP contribution >= 0.6 is 24.8 Å². The van der Waals surface area contributed by atoms with E-state index in [4.69, 9.17) is 0 Å². The van der Waals surface area contributed by atoms with Gasteiger partial charge in [-0.25, -0.2) is 13.2 Å². The van der Waals surface area contributed by atoms with Gasteiger partial charge >= 0.3 is 5.69 Å². The van der Waals surface area contributed by atoms with E-state index < -0.39 is 16.1 Å². The highest BCUT2D eigenvalue weighted by Crippen LogP contribution is 2.28. The molecule has 3 N–H and O–H groups in total. The molecule has 238 valence electrons. The van der Waals surface area contributed by atoms with Crippen LogP contribution in [-0.2, 0) is 23.0 Å². The van der Waals surface area contributed by atoms with Crippen LogP contribution in [0.2, 0.25) is 0 Å². The summed E-state index contributed by atoms with van der Waals surface area (Å²) < 4.78 is 31.1. The summed E-state index contributed by atoms with van der Waals surface area (Å²) in [5.41, 5.74) is 2.35. The van der Waals surface area contributed by atoms with Crippen molar-refractivity contribution in [1.29, 1.82) is 0 Å². The first-order chi connectivity index (χ1) is 20.4. The number of hydrogen-bond donors (Lipinski definition) is 3. The third-order valence-corrected chi connectivity index (χ3v) is 9.09. The van der Waals surface area contributed by atoms with Gasteiger partial charge in [0.2, 0.25) is 0 Å². The van der Waals surface area contributed by atoms with E-state index in [1.807, 2.05) is 18.2 Å². The van der Waals surface area contributed by atoms with Gasteiger partial charge in [-0.05, 0) is 90.2 Å². The Labute approximate surface area is 270 Å². The molecule has 11 nitrogen and oxygen atoms in total. The van der Waals surface area contributed by atoms with Crippen LogP contribution in [0.25, 0.3) is 5.69 Å². The van der Waals surface area contributed by atoms with Crippen molar-refractivity contribution in [3.8, 4) is 5.69 Å². The maximum absolute atomic E-state index is 13.0. The number of pyridine rings is 1. The number of aromatic nitrogens is 5. The molecule has 0 aliphatic heterocycles. The minimum atomic E-state index is -3.83. The highest BCUT2D eigenvalue weighted by Gasteiger charge is 2.17. The Bertz CT molecular complexity index is 1590. The number of tetrazole rings is 1. The second-order valence-corrected chi connectivity index (χ2v) is 12.4. The summed E-state index contributed by atoms with van der Waals surface area (Å²) in [5.74, 6) is 0.753. The fraction of sp³-hybridized carbons (Fsp3) is 0.400. The van der Waals surface area contributed by atoms with Crippen LogP contribution in [0.15, 0.2) is 82.7 Å². The Morgan fingerprint density at radius 2 is 1.70 bits per heavy atom. The van der Waals surface area contributed by atoms with Gasteiger partial charge in [0.15, 0.2) is 0 Å². The molecule has 0 spiro atoms. The SMILES string of the molecule is Cl.Cl.O=c1n(CCCC2CCCC2)nnn1-c1ccc(S(=O)(=O)Nc2ccc(CCNC[C@H](O)c3cccnc3)cc2)cc1. The number of aliphatic hydroxyl groups is 1. The van der Waals surface area contributed by atoms with E-state index >= 15 is 0 Å². The van der Waals surface area contributed by atoms with Crippen molar-refractivity contribution < 1.29 is 13.5 Å². The van der Waals surface area contributed by atoms with Crippen LogP contribution < -0.4 is 15.7 Å². The highest BCUT2D eigenvalue weighted by molar-refractivity contribution is 7.92. The number of hydrogen-bond acceptors (Lipinski definition) is 8. The Morgan fingerprint density at radius 1 is 0.977 bits per heavy atom. The van der Waals surface area contributed by atoms with E-state index in [9.17, 15) is 18.3 Å². The fourth-order valence-corrected chi connectivity index (χ4v) is 6.35. The average Bonchev–Trinajstić information content (AvgIpc) is 3.66. The van der Waals surface area contributed by atoms with E-state index in [0.29, 0.717) is 31.0 Å². The lowest BCUT2D eigenvalue weighted by atomic mass is 10.0. The van der Waals surface area contributed by atoms with Crippen molar-refractivity contribution in [2.24, 2.45) is 5.92 Å². The molecular formula is C30H39Cl2N7O4S. The summed E-state index contributed by atoms with van der Waals surface area (Å²) in [6.07, 6.45) is 10.5. The number of anilines is 1. The number of aryl methyl sites for hydroxylation is 1. The Kier molecular flexibility index (Phi) is 13.3. The molecule has 1 aliphatic carbocycles. The van der Waals surface area contributed by atoms with Gasteiger partial charge in [0.1, 0.15) is 0 Å². The molecule has 0 bridgehead atoms. The molecule has 14 heteroatoms. The quantitative estimate of drug-likeness (QED) is 0.169. The van der Waals surface area contributed by atoms with Gasteiger partial charge in [-0.15, -0.1) is 24.8 Å². The van der Waals surface area contributed by atoms with Gasteiger partial charge < -0.3 is 10.4 Å². The molecule has 1 aliphatic rings. The number of nitrogens with one attached hydrogen (secondary N) is 2. The fourth-order valence-electron chi connectivity index (χ4n) is 5.29. The molecule has 0 saturated heterocycles. The first-order valence-electron chi connectivity index (χ1n) is 14.4. The molecule has 0 unspecified atom stereocenters. The molecule has 44 heavy (non-hydrogen) atoms. The van der Waals surface area contributed by atoms with Crippen molar-refractivity contribution in [2.75, 3.05) is 17.8 Å². The molecular weight excluding hydrogens is 625 g/mol. The lowest BCUT2D eigenvalue weighted by Crippen LogP contribution is -2.24. The molecule has 0 amide bonds. The normalized spacial score (nSPS) is 14.0. The Hall–Kier alpha value is -3.29. The maximum Gasteiger partial charge on any atom is 0.368 e. The molecule has 5 rings (SSSR count). The molecule has 0 radical (unpaired) electrons. The van der Waals surface area contributed by atoms with Crippen LogP contribution in [0, 0.1) is 5.92 Å². The summed E-state index contributed by atoms with van der Waals surface area (Å²) in [6, 6.07) is 16.8. The zero-order valence-corrected chi connectivity index (χ0v) is 26.7. The third kappa shape index (κ3) is 9.35. The smallest absolute Gasteiger partial charge is 0.368 e. The largest absolute Gasteiger partial charge is 0.387 e. The lowest BCUT2D eigenvalue weighted by molar-refractivity contribution is 0.174. The molecule has 4 aromatic rings. The van der Waals surface area contributed by atoms with Crippen molar-refractivity contribution >= 4 is 40.5 Å². The topological polar surface area (TPSA) is 144 Å². The van der Waals surface area contributed by atoms with Gasteiger partial charge in [0, 0.05) is 36.7 Å². The van der Waals surface area contributed by atoms with Crippen LogP contribution in [0.3, 0.4) is 0 Å². The summed E-state index contributed by atoms with van der Waals surface area (Å²) in [5, 5.41) is 21.4. The van der Waals surface area contributed by atoms with E-state index in [2.05, 4.69) is 25.4 Å². The Morgan fingerprint density at radius 3 is 2.39 bits per heavy atom. The van der Waals surface area contributed by atoms with Crippen LogP contribution in [0.5, 0.6) is 0 Å². The number of sulfonamides is 1. The monoisotopic (exact) mass is 663 g/mol. The zero-order valence-electron chi connectivity index (χ0n) is 24.3. The van der Waals surface area contributed by atoms with Gasteiger partial charge in [0.25, 0.3) is 10.0 Å². The third-order valence-electron chi connectivity index (χ3n) is 7.69. The van der Waals surface area contributed by atoms with E-state index in [-0.39, 0.29) is 35.4 Å². The standard InChI is InChI=1S/C30H37N7O4S.2ClH/c38-29(25-8-3-18-31-21-25)22-32-19-17-24-9-11-26(12-10-24)33-42(40,41)28-15-13-27(14-16-28)37-30(39)36(34-35-37)20-4-7-23-5-1-2-6-23;;/h3,8-16,18,21,23,29,32-33,38H,1-2,4-7,17,19-20,22H2;2*1H/t29-;;/m0../s1. The van der Waals surface area contributed by atoms with Crippen molar-refractivity contribution in [3.63, 3.8) is 0 Å². The highest BCUT2D eigenvalue weighted by atomic mass is 35.5. The van der Waals surface area contributed by atoms with Crippen molar-refractivity contribution in [1.82, 2.24) is 30.1 Å². The molecule has 2 aromatic carbocycles.